The van der Waals surface area contributed by atoms with Crippen LogP contribution in [0.3, 0.4) is 0 Å². The predicted octanol–water partition coefficient (Wildman–Crippen LogP) is 6.45. The fraction of sp³-hybridized carbons (Fsp3) is 0.370. The zero-order valence-electron chi connectivity index (χ0n) is 19.4. The first-order valence-electron chi connectivity index (χ1n) is 11.7. The van der Waals surface area contributed by atoms with Crippen molar-refractivity contribution in [2.75, 3.05) is 38.1 Å². The van der Waals surface area contributed by atoms with E-state index in [4.69, 9.17) is 16.6 Å². The summed E-state index contributed by atoms with van der Waals surface area (Å²) in [5.41, 5.74) is 3.67. The third-order valence-corrected chi connectivity index (χ3v) is 6.64. The molecular weight excluding hydrogens is 416 g/mol. The summed E-state index contributed by atoms with van der Waals surface area (Å²) >= 11 is 6.12. The van der Waals surface area contributed by atoms with Crippen LogP contribution in [0.5, 0.6) is 0 Å². The summed E-state index contributed by atoms with van der Waals surface area (Å²) in [5, 5.41) is 3.30. The van der Waals surface area contributed by atoms with Crippen LogP contribution in [0.25, 0.3) is 21.8 Å². The topological polar surface area (TPSA) is 24.3 Å². The lowest BCUT2D eigenvalue weighted by Crippen LogP contribution is -2.26. The summed E-state index contributed by atoms with van der Waals surface area (Å²) in [5.74, 6) is 1.05. The molecule has 4 nitrogen and oxygen atoms in total. The molecule has 0 aliphatic heterocycles. The number of benzene rings is 2. The number of fused-ring (bicyclic) bond motifs is 3. The van der Waals surface area contributed by atoms with Crippen molar-refractivity contribution in [1.82, 2.24) is 14.5 Å². The minimum Gasteiger partial charge on any atom is -0.358 e. The molecule has 0 aliphatic carbocycles. The second kappa shape index (κ2) is 10.4. The Labute approximate surface area is 196 Å². The van der Waals surface area contributed by atoms with Crippen molar-refractivity contribution in [3.63, 3.8) is 0 Å². The molecule has 2 heterocycles. The van der Waals surface area contributed by atoms with Gasteiger partial charge >= 0.3 is 0 Å². The van der Waals surface area contributed by atoms with Gasteiger partial charge in [0.05, 0.1) is 5.52 Å². The maximum Gasteiger partial charge on any atom is 0.152 e. The van der Waals surface area contributed by atoms with Crippen molar-refractivity contribution in [2.24, 2.45) is 0 Å². The Bertz CT molecular complexity index is 1160. The molecule has 2 aromatic carbocycles. The van der Waals surface area contributed by atoms with E-state index in [1.54, 1.807) is 0 Å². The van der Waals surface area contributed by atoms with Crippen molar-refractivity contribution in [2.45, 2.75) is 33.2 Å². The van der Waals surface area contributed by atoms with E-state index in [1.165, 1.54) is 33.8 Å². The van der Waals surface area contributed by atoms with E-state index in [0.717, 1.165) is 50.0 Å². The molecule has 168 valence electrons. The first-order chi connectivity index (χ1) is 15.6. The number of halogens is 1. The van der Waals surface area contributed by atoms with E-state index in [9.17, 15) is 0 Å². The van der Waals surface area contributed by atoms with Gasteiger partial charge in [-0.1, -0.05) is 55.8 Å². The second-order valence-corrected chi connectivity index (χ2v) is 8.85. The average Bonchev–Trinajstić information content (AvgIpc) is 3.14. The van der Waals surface area contributed by atoms with Crippen LogP contribution < -0.4 is 4.90 Å². The van der Waals surface area contributed by atoms with Crippen LogP contribution in [0, 0.1) is 0 Å². The van der Waals surface area contributed by atoms with Crippen LogP contribution in [0.1, 0.15) is 32.3 Å². The van der Waals surface area contributed by atoms with E-state index in [0.29, 0.717) is 0 Å². The molecule has 0 aliphatic rings. The molecule has 0 unspecified atom stereocenters. The molecule has 0 spiro atoms. The molecule has 5 heteroatoms. The third kappa shape index (κ3) is 4.77. The van der Waals surface area contributed by atoms with Crippen LogP contribution in [0.4, 0.5) is 5.82 Å². The third-order valence-electron chi connectivity index (χ3n) is 6.39. The monoisotopic (exact) mass is 448 g/mol. The summed E-state index contributed by atoms with van der Waals surface area (Å²) in [6.07, 6.45) is 4.31. The first-order valence-corrected chi connectivity index (χ1v) is 12.0. The molecular formula is C27H33ClN4. The highest BCUT2D eigenvalue weighted by molar-refractivity contribution is 6.30. The Morgan fingerprint density at radius 2 is 1.59 bits per heavy atom. The highest BCUT2D eigenvalue weighted by Gasteiger charge is 2.17. The Hall–Kier alpha value is -2.56. The van der Waals surface area contributed by atoms with Crippen molar-refractivity contribution >= 4 is 39.2 Å². The highest BCUT2D eigenvalue weighted by Crippen LogP contribution is 2.34. The first kappa shape index (κ1) is 22.6. The zero-order chi connectivity index (χ0) is 22.5. The number of hydrogen-bond donors (Lipinski definition) is 0. The van der Waals surface area contributed by atoms with E-state index in [2.05, 4.69) is 77.7 Å². The number of aromatic nitrogens is 2. The zero-order valence-corrected chi connectivity index (χ0v) is 20.1. The van der Waals surface area contributed by atoms with Gasteiger partial charge in [-0.2, -0.15) is 0 Å². The van der Waals surface area contributed by atoms with Gasteiger partial charge in [0.2, 0.25) is 0 Å². The van der Waals surface area contributed by atoms with Crippen molar-refractivity contribution in [3.8, 4) is 0 Å². The lowest BCUT2D eigenvalue weighted by molar-refractivity contribution is 0.297. The average molecular weight is 449 g/mol. The summed E-state index contributed by atoms with van der Waals surface area (Å²) in [6, 6.07) is 18.9. The maximum atomic E-state index is 6.12. The van der Waals surface area contributed by atoms with Gasteiger partial charge in [0, 0.05) is 47.6 Å². The summed E-state index contributed by atoms with van der Waals surface area (Å²) in [4.78, 5) is 9.65. The Kier molecular flexibility index (Phi) is 7.33. The molecule has 32 heavy (non-hydrogen) atoms. The minimum atomic E-state index is 0.766. The molecule has 4 aromatic rings. The quantitative estimate of drug-likeness (QED) is 0.260. The molecule has 0 fully saturated rings. The van der Waals surface area contributed by atoms with Crippen molar-refractivity contribution in [1.29, 1.82) is 0 Å². The molecule has 0 amide bonds. The fourth-order valence-corrected chi connectivity index (χ4v) is 4.66. The van der Waals surface area contributed by atoms with Gasteiger partial charge in [-0.3, -0.25) is 0 Å². The number of hydrogen-bond acceptors (Lipinski definition) is 3. The lowest BCUT2D eigenvalue weighted by atomic mass is 10.2. The van der Waals surface area contributed by atoms with Gasteiger partial charge in [-0.15, -0.1) is 0 Å². The minimum absolute atomic E-state index is 0.766. The van der Waals surface area contributed by atoms with Crippen molar-refractivity contribution < 1.29 is 0 Å². The number of pyridine rings is 1. The van der Waals surface area contributed by atoms with Gasteiger partial charge in [0.25, 0.3) is 0 Å². The number of nitrogens with zero attached hydrogens (tertiary/aromatic N) is 4. The molecule has 2 aromatic heterocycles. The summed E-state index contributed by atoms with van der Waals surface area (Å²) < 4.78 is 2.41. The number of unbranched alkanes of at least 4 members (excludes halogenated alkanes) is 1. The SMILES string of the molecule is CCN(CC)CCCCN(C)c1nccc2c3ccccc3n(Cc3ccc(Cl)cc3)c12. The van der Waals surface area contributed by atoms with Gasteiger partial charge in [0.15, 0.2) is 5.82 Å². The molecule has 0 saturated heterocycles. The summed E-state index contributed by atoms with van der Waals surface area (Å²) in [6.45, 7) is 9.66. The molecule has 4 rings (SSSR count). The second-order valence-electron chi connectivity index (χ2n) is 8.42. The van der Waals surface area contributed by atoms with Gasteiger partial charge < -0.3 is 14.4 Å². The van der Waals surface area contributed by atoms with E-state index >= 15 is 0 Å². The Balaban J connectivity index is 1.66. The molecule has 0 N–H and O–H groups in total. The largest absolute Gasteiger partial charge is 0.358 e. The number of rotatable bonds is 10. The van der Waals surface area contributed by atoms with Crippen LogP contribution in [0.15, 0.2) is 60.8 Å². The molecule has 0 saturated carbocycles. The van der Waals surface area contributed by atoms with Crippen LogP contribution in [-0.4, -0.2) is 47.7 Å². The Morgan fingerprint density at radius 1 is 0.875 bits per heavy atom. The van der Waals surface area contributed by atoms with E-state index < -0.39 is 0 Å². The van der Waals surface area contributed by atoms with Crippen LogP contribution in [0.2, 0.25) is 5.02 Å². The maximum absolute atomic E-state index is 6.12. The number of anilines is 1. The highest BCUT2D eigenvalue weighted by atomic mass is 35.5. The van der Waals surface area contributed by atoms with Crippen LogP contribution >= 0.6 is 11.6 Å². The van der Waals surface area contributed by atoms with Crippen molar-refractivity contribution in [3.05, 3.63) is 71.4 Å². The lowest BCUT2D eigenvalue weighted by Gasteiger charge is -2.22. The molecule has 0 bridgehead atoms. The van der Waals surface area contributed by atoms with Gasteiger partial charge in [-0.05, 0) is 62.3 Å². The summed E-state index contributed by atoms with van der Waals surface area (Å²) in [7, 11) is 2.17. The standard InChI is InChI=1S/C27H33ClN4/c1-4-31(5-2)19-9-8-18-30(3)27-26-24(16-17-29-27)23-10-6-7-11-25(23)32(26)20-21-12-14-22(28)15-13-21/h6-7,10-17H,4-5,8-9,18-20H2,1-3H3. The molecule has 0 radical (unpaired) electrons. The normalized spacial score (nSPS) is 11.7. The molecule has 0 atom stereocenters. The van der Waals surface area contributed by atoms with Crippen LogP contribution in [-0.2, 0) is 6.54 Å². The fourth-order valence-electron chi connectivity index (χ4n) is 4.53. The predicted molar refractivity (Wildman–Crippen MR) is 138 cm³/mol. The van der Waals surface area contributed by atoms with Gasteiger partial charge in [-0.25, -0.2) is 4.98 Å². The van der Waals surface area contributed by atoms with Gasteiger partial charge in [0.1, 0.15) is 0 Å². The Morgan fingerprint density at radius 3 is 2.34 bits per heavy atom. The number of para-hydroxylation sites is 1. The van der Waals surface area contributed by atoms with E-state index in [1.807, 2.05) is 18.3 Å². The van der Waals surface area contributed by atoms with E-state index in [-0.39, 0.29) is 0 Å². The smallest absolute Gasteiger partial charge is 0.152 e.